The summed E-state index contributed by atoms with van der Waals surface area (Å²) in [5.41, 5.74) is 2.08. The van der Waals surface area contributed by atoms with Crippen molar-refractivity contribution in [3.8, 4) is 0 Å². The normalized spacial score (nSPS) is 23.0. The molecule has 27 heavy (non-hydrogen) atoms. The monoisotopic (exact) mass is 392 g/mol. The van der Waals surface area contributed by atoms with Crippen LogP contribution in [0.4, 0.5) is 14.5 Å². The average molecular weight is 392 g/mol. The number of halogens is 2. The highest BCUT2D eigenvalue weighted by Crippen LogP contribution is 2.45. The Balaban J connectivity index is 1.76. The first-order valence-corrected chi connectivity index (χ1v) is 10.5. The first kappa shape index (κ1) is 18.4. The summed E-state index contributed by atoms with van der Waals surface area (Å²) in [4.78, 5) is 4.43. The van der Waals surface area contributed by atoms with Gasteiger partial charge in [-0.3, -0.25) is 0 Å². The molecule has 144 valence electrons. The fourth-order valence-corrected chi connectivity index (χ4v) is 5.63. The highest BCUT2D eigenvalue weighted by molar-refractivity contribution is 7.91. The van der Waals surface area contributed by atoms with Gasteiger partial charge in [-0.15, -0.1) is 0 Å². The Labute approximate surface area is 158 Å². The zero-order valence-electron chi connectivity index (χ0n) is 15.3. The molecule has 2 aliphatic heterocycles. The van der Waals surface area contributed by atoms with Gasteiger partial charge in [-0.2, -0.15) is 0 Å². The molecule has 7 heteroatoms. The summed E-state index contributed by atoms with van der Waals surface area (Å²) in [7, 11) is 0.246. The highest BCUT2D eigenvalue weighted by atomic mass is 32.2. The third-order valence-electron chi connectivity index (χ3n) is 5.88. The number of anilines is 1. The molecule has 0 N–H and O–H groups in total. The van der Waals surface area contributed by atoms with Gasteiger partial charge in [-0.1, -0.05) is 0 Å². The molecule has 1 fully saturated rings. The number of benzene rings is 2. The lowest BCUT2D eigenvalue weighted by Gasteiger charge is -2.25. The number of nitrogens with zero attached hydrogens (tertiary/aromatic N) is 2. The van der Waals surface area contributed by atoms with Crippen LogP contribution in [0.25, 0.3) is 0 Å². The van der Waals surface area contributed by atoms with Crippen molar-refractivity contribution in [1.82, 2.24) is 4.90 Å². The van der Waals surface area contributed by atoms with Crippen LogP contribution in [0, 0.1) is 11.6 Å². The molecule has 1 saturated heterocycles. The van der Waals surface area contributed by atoms with Crippen LogP contribution in [0.15, 0.2) is 46.2 Å². The van der Waals surface area contributed by atoms with Crippen LogP contribution in [-0.2, 0) is 9.84 Å². The Morgan fingerprint density at radius 3 is 2.33 bits per heavy atom. The SMILES string of the molecule is CN1CC[C@@H]2[C@@H](CC1)c1cc(S(=O)(=O)c3ccc(F)c(F)c3)ccc1N2C. The van der Waals surface area contributed by atoms with E-state index in [1.807, 2.05) is 6.07 Å². The van der Waals surface area contributed by atoms with Crippen LogP contribution in [0.1, 0.15) is 24.3 Å². The van der Waals surface area contributed by atoms with E-state index in [0.29, 0.717) is 6.04 Å². The molecule has 0 bridgehead atoms. The Kier molecular flexibility index (Phi) is 4.47. The van der Waals surface area contributed by atoms with E-state index in [1.54, 1.807) is 12.1 Å². The summed E-state index contributed by atoms with van der Waals surface area (Å²) in [6.07, 6.45) is 1.99. The lowest BCUT2D eigenvalue weighted by atomic mass is 9.91. The molecule has 2 aromatic rings. The van der Waals surface area contributed by atoms with E-state index in [-0.39, 0.29) is 15.7 Å². The van der Waals surface area contributed by atoms with Gasteiger partial charge in [0.1, 0.15) is 0 Å². The van der Waals surface area contributed by atoms with Crippen LogP contribution < -0.4 is 4.90 Å². The standard InChI is InChI=1S/C20H22F2N2O2S/c1-23-9-7-15-16-11-13(4-6-19(16)24(2)20(15)8-10-23)27(25,26)14-3-5-17(21)18(22)12-14/h3-6,11-12,15,20H,7-10H2,1-2H3/t15-,20+/m0/s1. The van der Waals surface area contributed by atoms with Gasteiger partial charge in [0.05, 0.1) is 9.79 Å². The summed E-state index contributed by atoms with van der Waals surface area (Å²) in [5, 5.41) is 0. The van der Waals surface area contributed by atoms with E-state index in [2.05, 4.69) is 23.9 Å². The Hall–Kier alpha value is -1.99. The number of hydrogen-bond acceptors (Lipinski definition) is 4. The summed E-state index contributed by atoms with van der Waals surface area (Å²) in [6.45, 7) is 1.98. The lowest BCUT2D eigenvalue weighted by Crippen LogP contribution is -2.31. The molecule has 0 unspecified atom stereocenters. The molecule has 0 amide bonds. The fourth-order valence-electron chi connectivity index (χ4n) is 4.32. The van der Waals surface area contributed by atoms with Crippen molar-refractivity contribution < 1.29 is 17.2 Å². The van der Waals surface area contributed by atoms with Crippen LogP contribution in [0.3, 0.4) is 0 Å². The van der Waals surface area contributed by atoms with Gasteiger partial charge < -0.3 is 9.80 Å². The second-order valence-corrected chi connectivity index (χ2v) is 9.42. The molecule has 0 aromatic heterocycles. The summed E-state index contributed by atoms with van der Waals surface area (Å²) >= 11 is 0. The van der Waals surface area contributed by atoms with E-state index < -0.39 is 21.5 Å². The number of hydrogen-bond donors (Lipinski definition) is 0. The molecular formula is C20H22F2N2O2S. The van der Waals surface area contributed by atoms with Crippen molar-refractivity contribution in [2.75, 3.05) is 32.1 Å². The largest absolute Gasteiger partial charge is 0.371 e. The molecular weight excluding hydrogens is 370 g/mol. The maximum atomic E-state index is 13.5. The summed E-state index contributed by atoms with van der Waals surface area (Å²) < 4.78 is 52.6. The smallest absolute Gasteiger partial charge is 0.206 e. The zero-order chi connectivity index (χ0) is 19.3. The van der Waals surface area contributed by atoms with Crippen molar-refractivity contribution in [2.45, 2.75) is 34.6 Å². The Morgan fingerprint density at radius 1 is 0.926 bits per heavy atom. The Bertz CT molecular complexity index is 993. The van der Waals surface area contributed by atoms with Crippen LogP contribution >= 0.6 is 0 Å². The van der Waals surface area contributed by atoms with Crippen LogP contribution in [-0.4, -0.2) is 46.5 Å². The van der Waals surface area contributed by atoms with Gasteiger partial charge >= 0.3 is 0 Å². The van der Waals surface area contributed by atoms with Crippen LogP contribution in [0.2, 0.25) is 0 Å². The number of rotatable bonds is 2. The van der Waals surface area contributed by atoms with E-state index >= 15 is 0 Å². The Morgan fingerprint density at radius 2 is 1.59 bits per heavy atom. The summed E-state index contributed by atoms with van der Waals surface area (Å²) in [5.74, 6) is -1.95. The first-order chi connectivity index (χ1) is 12.8. The van der Waals surface area contributed by atoms with Gasteiger partial charge in [-0.25, -0.2) is 17.2 Å². The second-order valence-electron chi connectivity index (χ2n) is 7.47. The second kappa shape index (κ2) is 6.56. The number of likely N-dealkylation sites (N-methyl/N-ethyl adjacent to an activating group) is 1. The fraction of sp³-hybridized carbons (Fsp3) is 0.400. The topological polar surface area (TPSA) is 40.6 Å². The minimum absolute atomic E-state index is 0.124. The quantitative estimate of drug-likeness (QED) is 0.735. The van der Waals surface area contributed by atoms with E-state index in [1.165, 1.54) is 0 Å². The maximum absolute atomic E-state index is 13.5. The van der Waals surface area contributed by atoms with Gasteiger partial charge in [0.15, 0.2) is 11.6 Å². The molecule has 0 spiro atoms. The van der Waals surface area contributed by atoms with E-state index in [4.69, 9.17) is 0 Å². The molecule has 2 heterocycles. The number of likely N-dealkylation sites (tertiary alicyclic amines) is 1. The molecule has 2 aromatic carbocycles. The molecule has 0 saturated carbocycles. The molecule has 2 atom stereocenters. The van der Waals surface area contributed by atoms with Crippen molar-refractivity contribution in [1.29, 1.82) is 0 Å². The zero-order valence-corrected chi connectivity index (χ0v) is 16.1. The first-order valence-electron chi connectivity index (χ1n) is 9.04. The van der Waals surface area contributed by atoms with Crippen molar-refractivity contribution in [2.24, 2.45) is 0 Å². The summed E-state index contributed by atoms with van der Waals surface area (Å²) in [6, 6.07) is 8.17. The third kappa shape index (κ3) is 3.02. The van der Waals surface area contributed by atoms with Crippen LogP contribution in [0.5, 0.6) is 0 Å². The maximum Gasteiger partial charge on any atom is 0.206 e. The number of fused-ring (bicyclic) bond motifs is 3. The lowest BCUT2D eigenvalue weighted by molar-refractivity contribution is 0.345. The third-order valence-corrected chi connectivity index (χ3v) is 7.63. The molecule has 4 nitrogen and oxygen atoms in total. The predicted octanol–water partition coefficient (Wildman–Crippen LogP) is 3.43. The highest BCUT2D eigenvalue weighted by Gasteiger charge is 2.38. The minimum Gasteiger partial charge on any atom is -0.371 e. The van der Waals surface area contributed by atoms with Crippen molar-refractivity contribution in [3.05, 3.63) is 53.6 Å². The average Bonchev–Trinajstić information content (AvgIpc) is 2.77. The minimum atomic E-state index is -3.91. The van der Waals surface area contributed by atoms with Gasteiger partial charge in [0, 0.05) is 24.7 Å². The molecule has 0 aliphatic carbocycles. The van der Waals surface area contributed by atoms with Crippen molar-refractivity contribution in [3.63, 3.8) is 0 Å². The van der Waals surface area contributed by atoms with E-state index in [0.717, 1.165) is 55.4 Å². The van der Waals surface area contributed by atoms with E-state index in [9.17, 15) is 17.2 Å². The molecule has 4 rings (SSSR count). The van der Waals surface area contributed by atoms with Gasteiger partial charge in [0.2, 0.25) is 9.84 Å². The molecule has 2 aliphatic rings. The van der Waals surface area contributed by atoms with Gasteiger partial charge in [-0.05, 0) is 74.9 Å². The molecule has 0 radical (unpaired) electrons. The van der Waals surface area contributed by atoms with Crippen molar-refractivity contribution >= 4 is 15.5 Å². The van der Waals surface area contributed by atoms with Gasteiger partial charge in [0.25, 0.3) is 0 Å². The number of sulfone groups is 1. The predicted molar refractivity (Wildman–Crippen MR) is 99.9 cm³/mol.